The Hall–Kier alpha value is -1.42. The zero-order valence-corrected chi connectivity index (χ0v) is 12.5. The van der Waals surface area contributed by atoms with E-state index in [1.165, 1.54) is 19.3 Å². The first kappa shape index (κ1) is 15.0. The first-order valence-corrected chi connectivity index (χ1v) is 7.48. The number of carbonyl (C=O) groups excluding carboxylic acids is 1. The summed E-state index contributed by atoms with van der Waals surface area (Å²) in [7, 11) is 0. The van der Waals surface area contributed by atoms with Crippen molar-refractivity contribution in [1.29, 1.82) is 0 Å². The Balaban J connectivity index is 2.24. The topological polar surface area (TPSA) is 42.4 Å². The third-order valence-corrected chi connectivity index (χ3v) is 4.13. The van der Waals surface area contributed by atoms with Gasteiger partial charge in [-0.15, -0.1) is 0 Å². The third kappa shape index (κ3) is 3.37. The van der Waals surface area contributed by atoms with Crippen LogP contribution < -0.4 is 0 Å². The van der Waals surface area contributed by atoms with E-state index in [4.69, 9.17) is 4.74 Å². The second-order valence-electron chi connectivity index (χ2n) is 5.55. The van der Waals surface area contributed by atoms with Crippen molar-refractivity contribution in [2.24, 2.45) is 0 Å². The molecule has 1 aromatic heterocycles. The molecule has 0 N–H and O–H groups in total. The Bertz CT molecular complexity index is 429. The van der Waals surface area contributed by atoms with Gasteiger partial charge in [0.1, 0.15) is 0 Å². The number of likely N-dealkylation sites (tertiary alicyclic amines) is 1. The van der Waals surface area contributed by atoms with Crippen LogP contribution in [0.15, 0.2) is 24.5 Å². The molecule has 1 aliphatic heterocycles. The Labute approximate surface area is 121 Å². The van der Waals surface area contributed by atoms with Crippen LogP contribution in [-0.2, 0) is 15.1 Å². The van der Waals surface area contributed by atoms with Gasteiger partial charge in [-0.2, -0.15) is 0 Å². The largest absolute Gasteiger partial charge is 0.466 e. The van der Waals surface area contributed by atoms with Crippen molar-refractivity contribution in [3.8, 4) is 0 Å². The lowest BCUT2D eigenvalue weighted by Crippen LogP contribution is -2.48. The van der Waals surface area contributed by atoms with Crippen molar-refractivity contribution in [2.45, 2.75) is 45.1 Å². The van der Waals surface area contributed by atoms with E-state index in [9.17, 15) is 4.79 Å². The lowest BCUT2D eigenvalue weighted by atomic mass is 9.86. The van der Waals surface area contributed by atoms with Crippen molar-refractivity contribution < 1.29 is 9.53 Å². The van der Waals surface area contributed by atoms with Gasteiger partial charge in [0, 0.05) is 12.4 Å². The van der Waals surface area contributed by atoms with Gasteiger partial charge in [-0.3, -0.25) is 14.7 Å². The maximum Gasteiger partial charge on any atom is 0.308 e. The predicted molar refractivity (Wildman–Crippen MR) is 78.3 cm³/mol. The quantitative estimate of drug-likeness (QED) is 0.776. The fraction of sp³-hybridized carbons (Fsp3) is 0.625. The molecule has 20 heavy (non-hydrogen) atoms. The SMILES string of the molecule is CCOC(=O)CC(C)(c1cccnc1)N1CCCCC1. The summed E-state index contributed by atoms with van der Waals surface area (Å²) < 4.78 is 5.16. The van der Waals surface area contributed by atoms with E-state index in [1.54, 1.807) is 6.20 Å². The molecule has 1 atom stereocenters. The minimum Gasteiger partial charge on any atom is -0.466 e. The van der Waals surface area contributed by atoms with Gasteiger partial charge in [-0.1, -0.05) is 12.5 Å². The fourth-order valence-electron chi connectivity index (χ4n) is 2.96. The molecule has 2 heterocycles. The van der Waals surface area contributed by atoms with Gasteiger partial charge in [-0.05, 0) is 51.4 Å². The minimum atomic E-state index is -0.319. The number of carbonyl (C=O) groups is 1. The molecule has 0 aromatic carbocycles. The maximum atomic E-state index is 12.0. The monoisotopic (exact) mass is 276 g/mol. The molecule has 4 heteroatoms. The van der Waals surface area contributed by atoms with Crippen molar-refractivity contribution in [3.05, 3.63) is 30.1 Å². The van der Waals surface area contributed by atoms with E-state index in [-0.39, 0.29) is 11.5 Å². The number of rotatable bonds is 5. The molecule has 1 fully saturated rings. The average molecular weight is 276 g/mol. The molecule has 0 bridgehead atoms. The van der Waals surface area contributed by atoms with Crippen molar-refractivity contribution in [1.82, 2.24) is 9.88 Å². The molecule has 0 saturated carbocycles. The van der Waals surface area contributed by atoms with Crippen LogP contribution in [0.3, 0.4) is 0 Å². The zero-order valence-electron chi connectivity index (χ0n) is 12.5. The molecule has 1 unspecified atom stereocenters. The number of esters is 1. The molecule has 1 aromatic rings. The lowest BCUT2D eigenvalue weighted by molar-refractivity contribution is -0.146. The van der Waals surface area contributed by atoms with E-state index in [0.29, 0.717) is 13.0 Å². The molecule has 110 valence electrons. The number of piperidine rings is 1. The van der Waals surface area contributed by atoms with Crippen LogP contribution in [0, 0.1) is 0 Å². The highest BCUT2D eigenvalue weighted by Crippen LogP contribution is 2.34. The number of hydrogen-bond donors (Lipinski definition) is 0. The Morgan fingerprint density at radius 1 is 1.40 bits per heavy atom. The van der Waals surface area contributed by atoms with Gasteiger partial charge in [0.25, 0.3) is 0 Å². The first-order valence-electron chi connectivity index (χ1n) is 7.48. The maximum absolute atomic E-state index is 12.0. The standard InChI is InChI=1S/C16H24N2O2/c1-3-20-15(19)12-16(2,14-8-7-9-17-13-14)18-10-5-4-6-11-18/h7-9,13H,3-6,10-12H2,1-2H3. The summed E-state index contributed by atoms with van der Waals surface area (Å²) in [6, 6.07) is 3.99. The van der Waals surface area contributed by atoms with Crippen LogP contribution in [0.5, 0.6) is 0 Å². The van der Waals surface area contributed by atoms with Crippen molar-refractivity contribution in [3.63, 3.8) is 0 Å². The second-order valence-corrected chi connectivity index (χ2v) is 5.55. The Morgan fingerprint density at radius 2 is 2.15 bits per heavy atom. The molecule has 1 saturated heterocycles. The zero-order chi connectivity index (χ0) is 14.4. The molecule has 0 amide bonds. The first-order chi connectivity index (χ1) is 9.66. The number of nitrogens with zero attached hydrogens (tertiary/aromatic N) is 2. The highest BCUT2D eigenvalue weighted by molar-refractivity contribution is 5.71. The third-order valence-electron chi connectivity index (χ3n) is 4.13. The normalized spacial score (nSPS) is 19.3. The van der Waals surface area contributed by atoms with Crippen LogP contribution in [0.1, 0.15) is 45.1 Å². The fourth-order valence-corrected chi connectivity index (χ4v) is 2.96. The Morgan fingerprint density at radius 3 is 2.75 bits per heavy atom. The molecule has 0 radical (unpaired) electrons. The summed E-state index contributed by atoms with van der Waals surface area (Å²) in [5, 5.41) is 0. The van der Waals surface area contributed by atoms with Crippen LogP contribution >= 0.6 is 0 Å². The van der Waals surface area contributed by atoms with Crippen LogP contribution in [0.4, 0.5) is 0 Å². The molecule has 4 nitrogen and oxygen atoms in total. The molecular formula is C16H24N2O2. The van der Waals surface area contributed by atoms with Gasteiger partial charge < -0.3 is 4.74 Å². The predicted octanol–water partition coefficient (Wildman–Crippen LogP) is 2.74. The number of aromatic nitrogens is 1. The highest BCUT2D eigenvalue weighted by Gasteiger charge is 2.37. The molecular weight excluding hydrogens is 252 g/mol. The van der Waals surface area contributed by atoms with E-state index in [2.05, 4.69) is 22.9 Å². The van der Waals surface area contributed by atoms with E-state index in [0.717, 1.165) is 18.7 Å². The molecule has 1 aliphatic rings. The van der Waals surface area contributed by atoms with Crippen LogP contribution in [0.2, 0.25) is 0 Å². The second kappa shape index (κ2) is 6.84. The number of hydrogen-bond acceptors (Lipinski definition) is 4. The summed E-state index contributed by atoms with van der Waals surface area (Å²) in [6.45, 7) is 6.48. The van der Waals surface area contributed by atoms with E-state index >= 15 is 0 Å². The van der Waals surface area contributed by atoms with Gasteiger partial charge in [0.2, 0.25) is 0 Å². The average Bonchev–Trinajstić information content (AvgIpc) is 2.49. The smallest absolute Gasteiger partial charge is 0.308 e. The number of pyridine rings is 1. The van der Waals surface area contributed by atoms with Gasteiger partial charge in [-0.25, -0.2) is 0 Å². The highest BCUT2D eigenvalue weighted by atomic mass is 16.5. The summed E-state index contributed by atoms with van der Waals surface area (Å²) in [4.78, 5) is 18.6. The van der Waals surface area contributed by atoms with E-state index < -0.39 is 0 Å². The lowest BCUT2D eigenvalue weighted by Gasteiger charge is -2.43. The summed E-state index contributed by atoms with van der Waals surface area (Å²) in [6.07, 6.45) is 7.68. The molecule has 0 spiro atoms. The van der Waals surface area contributed by atoms with Gasteiger partial charge in [0.15, 0.2) is 0 Å². The summed E-state index contributed by atoms with van der Waals surface area (Å²) in [5.74, 6) is -0.135. The summed E-state index contributed by atoms with van der Waals surface area (Å²) >= 11 is 0. The Kier molecular flexibility index (Phi) is 5.12. The van der Waals surface area contributed by atoms with Crippen LogP contribution in [0.25, 0.3) is 0 Å². The van der Waals surface area contributed by atoms with E-state index in [1.807, 2.05) is 19.2 Å². The van der Waals surface area contributed by atoms with Gasteiger partial charge >= 0.3 is 5.97 Å². The van der Waals surface area contributed by atoms with Crippen LogP contribution in [-0.4, -0.2) is 35.5 Å². The molecule has 0 aliphatic carbocycles. The van der Waals surface area contributed by atoms with Crippen molar-refractivity contribution in [2.75, 3.05) is 19.7 Å². The van der Waals surface area contributed by atoms with Gasteiger partial charge in [0.05, 0.1) is 18.6 Å². The molecule has 2 rings (SSSR count). The summed E-state index contributed by atoms with van der Waals surface area (Å²) in [5.41, 5.74) is 0.774. The number of ether oxygens (including phenoxy) is 1. The van der Waals surface area contributed by atoms with Crippen molar-refractivity contribution >= 4 is 5.97 Å². The minimum absolute atomic E-state index is 0.135.